The number of carbonyl (C=O) groups excluding carboxylic acids is 1. The van der Waals surface area contributed by atoms with Crippen LogP contribution in [-0.2, 0) is 20.7 Å². The van der Waals surface area contributed by atoms with E-state index >= 15 is 0 Å². The van der Waals surface area contributed by atoms with Crippen LogP contribution in [0.5, 0.6) is 0 Å². The first kappa shape index (κ1) is 18.0. The van der Waals surface area contributed by atoms with Gasteiger partial charge in [-0.2, -0.15) is 0 Å². The van der Waals surface area contributed by atoms with Crippen LogP contribution in [0.2, 0.25) is 0 Å². The Balaban J connectivity index is 1.83. The van der Waals surface area contributed by atoms with E-state index in [2.05, 4.69) is 37.3 Å². The van der Waals surface area contributed by atoms with Crippen molar-refractivity contribution < 1.29 is 14.3 Å². The molecule has 0 aromatic heterocycles. The smallest absolute Gasteiger partial charge is 0.340 e. The summed E-state index contributed by atoms with van der Waals surface area (Å²) in [5.41, 5.74) is 0.769. The first-order chi connectivity index (χ1) is 11.2. The Morgan fingerprint density at radius 2 is 1.91 bits per heavy atom. The van der Waals surface area contributed by atoms with Gasteiger partial charge in [0.15, 0.2) is 5.60 Å². The molecular weight excluding hydrogens is 288 g/mol. The number of benzene rings is 1. The lowest BCUT2D eigenvalue weighted by Gasteiger charge is -2.20. The summed E-state index contributed by atoms with van der Waals surface area (Å²) >= 11 is 0. The van der Waals surface area contributed by atoms with Gasteiger partial charge in [0.2, 0.25) is 0 Å². The maximum Gasteiger partial charge on any atom is 0.340 e. The average Bonchev–Trinajstić information content (AvgIpc) is 3.34. The number of esters is 1. The second-order valence-corrected chi connectivity index (χ2v) is 6.59. The molecule has 1 aromatic rings. The van der Waals surface area contributed by atoms with Crippen LogP contribution < -0.4 is 0 Å². The molecule has 2 unspecified atom stereocenters. The van der Waals surface area contributed by atoms with E-state index in [0.29, 0.717) is 19.1 Å². The monoisotopic (exact) mass is 318 g/mol. The Bertz CT molecular complexity index is 465. The molecule has 128 valence electrons. The molecule has 0 spiro atoms. The lowest BCUT2D eigenvalue weighted by Crippen LogP contribution is -2.30. The minimum atomic E-state index is -0.624. The van der Waals surface area contributed by atoms with E-state index in [4.69, 9.17) is 9.47 Å². The molecule has 0 N–H and O–H groups in total. The molecule has 0 amide bonds. The third-order valence-corrected chi connectivity index (χ3v) is 4.65. The van der Waals surface area contributed by atoms with E-state index < -0.39 is 5.60 Å². The lowest BCUT2D eigenvalue weighted by atomic mass is 9.86. The van der Waals surface area contributed by atoms with Crippen molar-refractivity contribution in [3.8, 4) is 0 Å². The zero-order valence-corrected chi connectivity index (χ0v) is 14.6. The van der Waals surface area contributed by atoms with Crippen molar-refractivity contribution in [3.05, 3.63) is 35.9 Å². The van der Waals surface area contributed by atoms with Crippen molar-refractivity contribution in [3.63, 3.8) is 0 Å². The zero-order chi connectivity index (χ0) is 16.5. The van der Waals surface area contributed by atoms with E-state index in [-0.39, 0.29) is 5.97 Å². The molecule has 3 heteroatoms. The van der Waals surface area contributed by atoms with E-state index in [9.17, 15) is 4.79 Å². The van der Waals surface area contributed by atoms with Gasteiger partial charge in [0.25, 0.3) is 0 Å². The average molecular weight is 318 g/mol. The topological polar surface area (TPSA) is 38.8 Å². The second kappa shape index (κ2) is 9.07. The first-order valence-electron chi connectivity index (χ1n) is 9.05. The molecule has 2 atom stereocenters. The number of carbonyl (C=O) groups is 1. The molecule has 2 rings (SSSR count). The Labute approximate surface area is 140 Å². The minimum Gasteiger partial charge on any atom is -0.464 e. The molecule has 0 saturated carbocycles. The van der Waals surface area contributed by atoms with Gasteiger partial charge in [0.1, 0.15) is 0 Å². The first-order valence-corrected chi connectivity index (χ1v) is 9.05. The summed E-state index contributed by atoms with van der Waals surface area (Å²) in [7, 11) is 0. The van der Waals surface area contributed by atoms with Gasteiger partial charge < -0.3 is 9.47 Å². The molecule has 0 aliphatic carbocycles. The largest absolute Gasteiger partial charge is 0.464 e. The summed E-state index contributed by atoms with van der Waals surface area (Å²) in [5.74, 6) is 0.384. The lowest BCUT2D eigenvalue weighted by molar-refractivity contribution is -0.150. The van der Waals surface area contributed by atoms with Crippen molar-refractivity contribution in [2.45, 2.75) is 64.4 Å². The van der Waals surface area contributed by atoms with Crippen LogP contribution in [0.3, 0.4) is 0 Å². The number of hydrogen-bond acceptors (Lipinski definition) is 3. The third kappa shape index (κ3) is 5.65. The molecule has 3 nitrogen and oxygen atoms in total. The predicted molar refractivity (Wildman–Crippen MR) is 92.3 cm³/mol. The summed E-state index contributed by atoms with van der Waals surface area (Å²) in [4.78, 5) is 12.1. The summed E-state index contributed by atoms with van der Waals surface area (Å²) in [6.45, 7) is 5.03. The van der Waals surface area contributed by atoms with E-state index in [1.165, 1.54) is 24.8 Å². The second-order valence-electron chi connectivity index (χ2n) is 6.59. The summed E-state index contributed by atoms with van der Waals surface area (Å²) < 4.78 is 10.7. The molecule has 1 fully saturated rings. The van der Waals surface area contributed by atoms with Gasteiger partial charge in [-0.15, -0.1) is 0 Å². The fourth-order valence-electron chi connectivity index (χ4n) is 3.22. The van der Waals surface area contributed by atoms with Gasteiger partial charge in [-0.25, -0.2) is 4.79 Å². The number of epoxide rings is 1. The van der Waals surface area contributed by atoms with Crippen LogP contribution in [0.4, 0.5) is 0 Å². The maximum atomic E-state index is 12.1. The van der Waals surface area contributed by atoms with Crippen LogP contribution >= 0.6 is 0 Å². The number of unbranched alkanes of at least 4 members (excludes halogenated alkanes) is 1. The molecule has 23 heavy (non-hydrogen) atoms. The molecule has 1 aliphatic heterocycles. The van der Waals surface area contributed by atoms with Gasteiger partial charge >= 0.3 is 5.97 Å². The van der Waals surface area contributed by atoms with Gasteiger partial charge in [-0.05, 0) is 37.7 Å². The number of hydrogen-bond donors (Lipinski definition) is 0. The van der Waals surface area contributed by atoms with Gasteiger partial charge in [-0.1, -0.05) is 62.9 Å². The van der Waals surface area contributed by atoms with Gasteiger partial charge in [-0.3, -0.25) is 0 Å². The molecule has 0 bridgehead atoms. The quantitative estimate of drug-likeness (QED) is 0.444. The standard InChI is InChI=1S/C20H30O3/c1-3-5-10-18(14-9-13-17-11-7-6-8-12-17)15-20(16-23-20)19(21)22-4-2/h6-8,11-12,18H,3-5,9-10,13-16H2,1-2H3. The van der Waals surface area contributed by atoms with Gasteiger partial charge in [0, 0.05) is 0 Å². The van der Waals surface area contributed by atoms with Crippen LogP contribution in [-0.4, -0.2) is 24.8 Å². The zero-order valence-electron chi connectivity index (χ0n) is 14.6. The normalized spacial score (nSPS) is 21.0. The van der Waals surface area contributed by atoms with E-state index in [1.54, 1.807) is 0 Å². The SMILES string of the molecule is CCCCC(CCCc1ccccc1)CC1(C(=O)OCC)CO1. The number of rotatable bonds is 11. The Hall–Kier alpha value is -1.35. The molecule has 1 aromatic carbocycles. The maximum absolute atomic E-state index is 12.1. The third-order valence-electron chi connectivity index (χ3n) is 4.65. The highest BCUT2D eigenvalue weighted by molar-refractivity contribution is 5.82. The van der Waals surface area contributed by atoms with Crippen LogP contribution in [0, 0.1) is 5.92 Å². The summed E-state index contributed by atoms with van der Waals surface area (Å²) in [6, 6.07) is 10.6. The molecule has 0 radical (unpaired) electrons. The van der Waals surface area contributed by atoms with Gasteiger partial charge in [0.05, 0.1) is 13.2 Å². The van der Waals surface area contributed by atoms with Crippen molar-refractivity contribution >= 4 is 5.97 Å². The van der Waals surface area contributed by atoms with Crippen LogP contribution in [0.25, 0.3) is 0 Å². The molecular formula is C20H30O3. The Kier molecular flexibility index (Phi) is 7.10. The van der Waals surface area contributed by atoms with Crippen molar-refractivity contribution in [1.82, 2.24) is 0 Å². The highest BCUT2D eigenvalue weighted by atomic mass is 16.6. The predicted octanol–water partition coefficient (Wildman–Crippen LogP) is 4.54. The molecule has 1 aliphatic rings. The molecule has 1 heterocycles. The Morgan fingerprint density at radius 3 is 2.52 bits per heavy atom. The summed E-state index contributed by atoms with van der Waals surface area (Å²) in [5, 5.41) is 0. The van der Waals surface area contributed by atoms with Crippen LogP contribution in [0.15, 0.2) is 30.3 Å². The van der Waals surface area contributed by atoms with Crippen molar-refractivity contribution in [1.29, 1.82) is 0 Å². The minimum absolute atomic E-state index is 0.162. The van der Waals surface area contributed by atoms with Crippen molar-refractivity contribution in [2.24, 2.45) is 5.92 Å². The highest BCUT2D eigenvalue weighted by Crippen LogP contribution is 2.38. The summed E-state index contributed by atoms with van der Waals surface area (Å²) in [6.07, 6.45) is 7.83. The molecule has 1 saturated heterocycles. The number of ether oxygens (including phenoxy) is 2. The van der Waals surface area contributed by atoms with E-state index in [0.717, 1.165) is 25.7 Å². The fraction of sp³-hybridized carbons (Fsp3) is 0.650. The number of aryl methyl sites for hydroxylation is 1. The van der Waals surface area contributed by atoms with Crippen molar-refractivity contribution in [2.75, 3.05) is 13.2 Å². The highest BCUT2D eigenvalue weighted by Gasteiger charge is 2.54. The Morgan fingerprint density at radius 1 is 1.22 bits per heavy atom. The van der Waals surface area contributed by atoms with Crippen LogP contribution in [0.1, 0.15) is 57.9 Å². The van der Waals surface area contributed by atoms with E-state index in [1.807, 2.05) is 6.92 Å². The fourth-order valence-corrected chi connectivity index (χ4v) is 3.22.